The van der Waals surface area contributed by atoms with Crippen molar-refractivity contribution in [2.24, 2.45) is 5.92 Å². The molecule has 1 fully saturated rings. The summed E-state index contributed by atoms with van der Waals surface area (Å²) in [5.41, 5.74) is 0. The minimum Gasteiger partial charge on any atom is -0.393 e. The second-order valence-corrected chi connectivity index (χ2v) is 6.72. The second kappa shape index (κ2) is 6.68. The molecule has 17 heavy (non-hydrogen) atoms. The van der Waals surface area contributed by atoms with E-state index in [2.05, 4.69) is 4.72 Å². The van der Waals surface area contributed by atoms with Crippen LogP contribution in [0.25, 0.3) is 0 Å². The molecule has 0 amide bonds. The van der Waals surface area contributed by atoms with Gasteiger partial charge in [0.15, 0.2) is 0 Å². The standard InChI is InChI=1S/C11H24N2O3S/c1-3-4-7-13(2)17(15,16)12-9-10-5-6-11(14)8-10/h10-12,14H,3-9H2,1-2H3. The topological polar surface area (TPSA) is 69.6 Å². The molecular formula is C11H24N2O3S. The first-order valence-electron chi connectivity index (χ1n) is 6.34. The maximum atomic E-state index is 11.8. The van der Waals surface area contributed by atoms with Crippen molar-refractivity contribution < 1.29 is 13.5 Å². The van der Waals surface area contributed by atoms with Crippen molar-refractivity contribution in [3.05, 3.63) is 0 Å². The zero-order valence-corrected chi connectivity index (χ0v) is 11.5. The van der Waals surface area contributed by atoms with Gasteiger partial charge in [0.2, 0.25) is 0 Å². The highest BCUT2D eigenvalue weighted by molar-refractivity contribution is 7.87. The predicted octanol–water partition coefficient (Wildman–Crippen LogP) is 0.714. The van der Waals surface area contributed by atoms with Gasteiger partial charge in [0, 0.05) is 20.1 Å². The van der Waals surface area contributed by atoms with Crippen molar-refractivity contribution in [1.29, 1.82) is 0 Å². The van der Waals surface area contributed by atoms with E-state index in [1.54, 1.807) is 7.05 Å². The lowest BCUT2D eigenvalue weighted by Crippen LogP contribution is -2.40. The maximum absolute atomic E-state index is 11.8. The molecule has 6 heteroatoms. The zero-order valence-electron chi connectivity index (χ0n) is 10.7. The Labute approximate surface area is 104 Å². The molecule has 0 saturated heterocycles. The molecule has 0 bridgehead atoms. The first-order valence-corrected chi connectivity index (χ1v) is 7.78. The van der Waals surface area contributed by atoms with E-state index in [9.17, 15) is 13.5 Å². The lowest BCUT2D eigenvalue weighted by molar-refractivity contribution is 0.178. The average Bonchev–Trinajstić information content (AvgIpc) is 2.69. The fourth-order valence-electron chi connectivity index (χ4n) is 2.07. The summed E-state index contributed by atoms with van der Waals surface area (Å²) in [4.78, 5) is 0. The van der Waals surface area contributed by atoms with E-state index >= 15 is 0 Å². The lowest BCUT2D eigenvalue weighted by atomic mass is 10.1. The molecule has 0 aromatic carbocycles. The van der Waals surface area contributed by atoms with E-state index < -0.39 is 10.2 Å². The highest BCUT2D eigenvalue weighted by atomic mass is 32.2. The van der Waals surface area contributed by atoms with E-state index in [1.807, 2.05) is 6.92 Å². The summed E-state index contributed by atoms with van der Waals surface area (Å²) in [6.07, 6.45) is 4.01. The molecule has 2 unspecified atom stereocenters. The third-order valence-electron chi connectivity index (χ3n) is 3.30. The number of hydrogen-bond donors (Lipinski definition) is 2. The summed E-state index contributed by atoms with van der Waals surface area (Å²) in [5.74, 6) is 0.277. The number of nitrogens with zero attached hydrogens (tertiary/aromatic N) is 1. The minimum atomic E-state index is -3.34. The normalized spacial score (nSPS) is 25.6. The number of aliphatic hydroxyl groups is 1. The average molecular weight is 264 g/mol. The molecule has 0 aromatic heterocycles. The van der Waals surface area contributed by atoms with Crippen LogP contribution in [0.3, 0.4) is 0 Å². The Balaban J connectivity index is 2.33. The van der Waals surface area contributed by atoms with Crippen LogP contribution < -0.4 is 4.72 Å². The Morgan fingerprint density at radius 2 is 2.12 bits per heavy atom. The largest absolute Gasteiger partial charge is 0.393 e. The van der Waals surface area contributed by atoms with Crippen LogP contribution in [-0.2, 0) is 10.2 Å². The van der Waals surface area contributed by atoms with Crippen LogP contribution in [0.4, 0.5) is 0 Å². The third-order valence-corrected chi connectivity index (χ3v) is 4.84. The van der Waals surface area contributed by atoms with Crippen molar-refractivity contribution in [3.8, 4) is 0 Å². The van der Waals surface area contributed by atoms with Gasteiger partial charge in [-0.05, 0) is 31.6 Å². The van der Waals surface area contributed by atoms with Gasteiger partial charge in [0.1, 0.15) is 0 Å². The Morgan fingerprint density at radius 1 is 1.41 bits per heavy atom. The third kappa shape index (κ3) is 4.91. The van der Waals surface area contributed by atoms with E-state index in [-0.39, 0.29) is 12.0 Å². The molecule has 2 N–H and O–H groups in total. The summed E-state index contributed by atoms with van der Waals surface area (Å²) in [5, 5.41) is 9.37. The molecule has 1 rings (SSSR count). The van der Waals surface area contributed by atoms with Gasteiger partial charge < -0.3 is 5.11 Å². The van der Waals surface area contributed by atoms with Crippen molar-refractivity contribution in [1.82, 2.24) is 9.03 Å². The monoisotopic (exact) mass is 264 g/mol. The van der Waals surface area contributed by atoms with Gasteiger partial charge in [-0.1, -0.05) is 13.3 Å². The molecule has 0 radical (unpaired) electrons. The number of nitrogens with one attached hydrogen (secondary N) is 1. The summed E-state index contributed by atoms with van der Waals surface area (Å²) < 4.78 is 27.6. The van der Waals surface area contributed by atoms with Gasteiger partial charge in [0.25, 0.3) is 10.2 Å². The van der Waals surface area contributed by atoms with Crippen LogP contribution in [-0.4, -0.2) is 44.1 Å². The van der Waals surface area contributed by atoms with Crippen LogP contribution in [0.2, 0.25) is 0 Å². The van der Waals surface area contributed by atoms with Crippen molar-refractivity contribution in [2.75, 3.05) is 20.1 Å². The fourth-order valence-corrected chi connectivity index (χ4v) is 3.10. The number of hydrogen-bond acceptors (Lipinski definition) is 3. The number of rotatable bonds is 7. The predicted molar refractivity (Wildman–Crippen MR) is 67.8 cm³/mol. The molecule has 1 aliphatic carbocycles. The van der Waals surface area contributed by atoms with Gasteiger partial charge in [0.05, 0.1) is 6.10 Å². The van der Waals surface area contributed by atoms with E-state index in [4.69, 9.17) is 0 Å². The summed E-state index contributed by atoms with van der Waals surface area (Å²) in [6, 6.07) is 0. The Bertz CT molecular complexity index is 319. The Morgan fingerprint density at radius 3 is 2.65 bits per heavy atom. The van der Waals surface area contributed by atoms with Crippen molar-refractivity contribution in [3.63, 3.8) is 0 Å². The Kier molecular flexibility index (Phi) is 5.85. The zero-order chi connectivity index (χ0) is 12.9. The smallest absolute Gasteiger partial charge is 0.279 e. The number of unbranched alkanes of at least 4 members (excludes halogenated alkanes) is 1. The molecule has 0 heterocycles. The fraction of sp³-hybridized carbons (Fsp3) is 1.00. The summed E-state index contributed by atoms with van der Waals surface area (Å²) in [6.45, 7) is 3.03. The van der Waals surface area contributed by atoms with E-state index in [0.717, 1.165) is 25.7 Å². The molecule has 1 aliphatic rings. The molecule has 2 atom stereocenters. The van der Waals surface area contributed by atoms with Crippen molar-refractivity contribution >= 4 is 10.2 Å². The van der Waals surface area contributed by atoms with E-state index in [0.29, 0.717) is 19.5 Å². The van der Waals surface area contributed by atoms with Crippen LogP contribution in [0.5, 0.6) is 0 Å². The van der Waals surface area contributed by atoms with Gasteiger partial charge in [-0.25, -0.2) is 4.72 Å². The lowest BCUT2D eigenvalue weighted by Gasteiger charge is -2.19. The van der Waals surface area contributed by atoms with Crippen LogP contribution >= 0.6 is 0 Å². The first kappa shape index (κ1) is 14.9. The second-order valence-electron chi connectivity index (χ2n) is 4.86. The highest BCUT2D eigenvalue weighted by Crippen LogP contribution is 2.24. The van der Waals surface area contributed by atoms with Crippen LogP contribution in [0.1, 0.15) is 39.0 Å². The highest BCUT2D eigenvalue weighted by Gasteiger charge is 2.25. The van der Waals surface area contributed by atoms with E-state index in [1.165, 1.54) is 4.31 Å². The maximum Gasteiger partial charge on any atom is 0.279 e. The van der Waals surface area contributed by atoms with Gasteiger partial charge in [-0.3, -0.25) is 0 Å². The molecule has 0 aromatic rings. The molecule has 1 saturated carbocycles. The molecule has 0 aliphatic heterocycles. The first-order chi connectivity index (χ1) is 7.95. The summed E-state index contributed by atoms with van der Waals surface area (Å²) >= 11 is 0. The molecule has 0 spiro atoms. The molecule has 102 valence electrons. The number of aliphatic hydroxyl groups excluding tert-OH is 1. The minimum absolute atomic E-state index is 0.248. The van der Waals surface area contributed by atoms with Gasteiger partial charge >= 0.3 is 0 Å². The molecule has 5 nitrogen and oxygen atoms in total. The summed E-state index contributed by atoms with van der Waals surface area (Å²) in [7, 11) is -1.74. The van der Waals surface area contributed by atoms with Gasteiger partial charge in [-0.2, -0.15) is 12.7 Å². The Hall–Kier alpha value is -0.170. The van der Waals surface area contributed by atoms with Gasteiger partial charge in [-0.15, -0.1) is 0 Å². The quantitative estimate of drug-likeness (QED) is 0.711. The molecular weight excluding hydrogens is 240 g/mol. The van der Waals surface area contributed by atoms with Crippen LogP contribution in [0, 0.1) is 5.92 Å². The van der Waals surface area contributed by atoms with Crippen LogP contribution in [0.15, 0.2) is 0 Å². The SMILES string of the molecule is CCCCN(C)S(=O)(=O)NCC1CCC(O)C1. The van der Waals surface area contributed by atoms with Crippen molar-refractivity contribution in [2.45, 2.75) is 45.1 Å².